The van der Waals surface area contributed by atoms with Crippen LogP contribution in [0.25, 0.3) is 0 Å². The van der Waals surface area contributed by atoms with E-state index < -0.39 is 30.0 Å². The first-order valence-electron chi connectivity index (χ1n) is 5.92. The summed E-state index contributed by atoms with van der Waals surface area (Å²) in [5.74, 6) is -4.07. The third-order valence-corrected chi connectivity index (χ3v) is 2.70. The highest BCUT2D eigenvalue weighted by atomic mass is 19.2. The molecule has 0 heterocycles. The van der Waals surface area contributed by atoms with Crippen molar-refractivity contribution in [1.29, 1.82) is 0 Å². The Morgan fingerprint density at radius 3 is 2.43 bits per heavy atom. The van der Waals surface area contributed by atoms with Crippen LogP contribution in [0.2, 0.25) is 0 Å². The van der Waals surface area contributed by atoms with Crippen molar-refractivity contribution in [3.63, 3.8) is 0 Å². The van der Waals surface area contributed by atoms with Gasteiger partial charge in [-0.1, -0.05) is 12.1 Å². The van der Waals surface area contributed by atoms with E-state index in [1.165, 1.54) is 24.3 Å². The number of rotatable bonds is 4. The van der Waals surface area contributed by atoms with Crippen molar-refractivity contribution in [2.24, 2.45) is 0 Å². The molecule has 21 heavy (non-hydrogen) atoms. The Balaban J connectivity index is 2.02. The average molecular weight is 292 g/mol. The first-order valence-corrected chi connectivity index (χ1v) is 5.92. The molecule has 1 N–H and O–H groups in total. The minimum absolute atomic E-state index is 0.0874. The summed E-state index contributed by atoms with van der Waals surface area (Å²) in [6.07, 6.45) is 0. The summed E-state index contributed by atoms with van der Waals surface area (Å²) < 4.78 is 30.5. The molecule has 0 aromatic heterocycles. The van der Waals surface area contributed by atoms with Crippen molar-refractivity contribution in [3.05, 3.63) is 65.2 Å². The molecular formula is C15H10F2O4. The molecule has 2 rings (SSSR count). The number of benzene rings is 2. The number of phenolic OH excluding ortho intramolecular Hbond substituents is 1. The van der Waals surface area contributed by atoms with E-state index in [9.17, 15) is 23.5 Å². The third kappa shape index (κ3) is 3.42. The lowest BCUT2D eigenvalue weighted by molar-refractivity contribution is 0.0471. The SMILES string of the molecule is O=C(COC(=O)c1ccccc1O)c1ccc(F)c(F)c1. The number of esters is 1. The minimum atomic E-state index is -1.16. The molecule has 0 bridgehead atoms. The van der Waals surface area contributed by atoms with Crippen LogP contribution >= 0.6 is 0 Å². The number of Topliss-reactive ketones (excluding diaryl/α,β-unsaturated/α-hetero) is 1. The fourth-order valence-electron chi connectivity index (χ4n) is 1.61. The molecule has 0 aliphatic rings. The molecule has 4 nitrogen and oxygen atoms in total. The zero-order chi connectivity index (χ0) is 15.4. The largest absolute Gasteiger partial charge is 0.507 e. The van der Waals surface area contributed by atoms with Gasteiger partial charge in [0.15, 0.2) is 24.0 Å². The van der Waals surface area contributed by atoms with E-state index in [0.717, 1.165) is 18.2 Å². The summed E-state index contributed by atoms with van der Waals surface area (Å²) in [6.45, 7) is -0.641. The van der Waals surface area contributed by atoms with Crippen LogP contribution in [0.4, 0.5) is 8.78 Å². The monoisotopic (exact) mass is 292 g/mol. The Labute approximate surface area is 118 Å². The fraction of sp³-hybridized carbons (Fsp3) is 0.0667. The molecule has 2 aromatic carbocycles. The molecule has 0 atom stereocenters. The third-order valence-electron chi connectivity index (χ3n) is 2.70. The average Bonchev–Trinajstić information content (AvgIpc) is 2.47. The van der Waals surface area contributed by atoms with E-state index in [2.05, 4.69) is 0 Å². The lowest BCUT2D eigenvalue weighted by atomic mass is 10.1. The lowest BCUT2D eigenvalue weighted by Crippen LogP contribution is -2.14. The highest BCUT2D eigenvalue weighted by Crippen LogP contribution is 2.17. The highest BCUT2D eigenvalue weighted by molar-refractivity contribution is 5.99. The normalized spacial score (nSPS) is 10.2. The second-order valence-corrected chi connectivity index (χ2v) is 4.15. The molecule has 0 amide bonds. The van der Waals surface area contributed by atoms with Gasteiger partial charge in [0, 0.05) is 5.56 Å². The Morgan fingerprint density at radius 1 is 1.05 bits per heavy atom. The van der Waals surface area contributed by atoms with Crippen molar-refractivity contribution in [3.8, 4) is 5.75 Å². The molecule has 0 fully saturated rings. The van der Waals surface area contributed by atoms with Crippen LogP contribution in [-0.4, -0.2) is 23.5 Å². The molecule has 0 spiro atoms. The Kier molecular flexibility index (Phi) is 4.27. The van der Waals surface area contributed by atoms with Gasteiger partial charge >= 0.3 is 5.97 Å². The number of hydrogen-bond donors (Lipinski definition) is 1. The predicted octanol–water partition coefficient (Wildman–Crippen LogP) is 2.71. The summed E-state index contributed by atoms with van der Waals surface area (Å²) in [6, 6.07) is 8.31. The van der Waals surface area contributed by atoms with Crippen molar-refractivity contribution >= 4 is 11.8 Å². The van der Waals surface area contributed by atoms with Gasteiger partial charge in [-0.25, -0.2) is 13.6 Å². The van der Waals surface area contributed by atoms with Crippen LogP contribution in [0.1, 0.15) is 20.7 Å². The zero-order valence-corrected chi connectivity index (χ0v) is 10.7. The van der Waals surface area contributed by atoms with Gasteiger partial charge in [0.05, 0.1) is 0 Å². The first kappa shape index (κ1) is 14.6. The van der Waals surface area contributed by atoms with E-state index in [1.807, 2.05) is 0 Å². The van der Waals surface area contributed by atoms with E-state index in [4.69, 9.17) is 4.74 Å². The molecule has 108 valence electrons. The van der Waals surface area contributed by atoms with Gasteiger partial charge in [0.1, 0.15) is 11.3 Å². The number of ether oxygens (including phenoxy) is 1. The lowest BCUT2D eigenvalue weighted by Gasteiger charge is -2.06. The van der Waals surface area contributed by atoms with Gasteiger partial charge in [0.25, 0.3) is 0 Å². The molecule has 0 aliphatic carbocycles. The van der Waals surface area contributed by atoms with Gasteiger partial charge in [-0.05, 0) is 30.3 Å². The molecule has 0 saturated heterocycles. The molecule has 0 aliphatic heterocycles. The number of ketones is 1. The maximum absolute atomic E-state index is 13.0. The number of para-hydroxylation sites is 1. The minimum Gasteiger partial charge on any atom is -0.507 e. The summed E-state index contributed by atoms with van der Waals surface area (Å²) in [7, 11) is 0. The number of aromatic hydroxyl groups is 1. The number of phenols is 1. The zero-order valence-electron chi connectivity index (χ0n) is 10.7. The number of carbonyl (C=O) groups excluding carboxylic acids is 2. The van der Waals surface area contributed by atoms with Crippen molar-refractivity contribution in [2.75, 3.05) is 6.61 Å². The molecule has 0 unspecified atom stereocenters. The number of hydrogen-bond acceptors (Lipinski definition) is 4. The van der Waals surface area contributed by atoms with Crippen LogP contribution in [0.5, 0.6) is 5.75 Å². The quantitative estimate of drug-likeness (QED) is 0.695. The summed E-state index contributed by atoms with van der Waals surface area (Å²) in [5.41, 5.74) is -0.199. The summed E-state index contributed by atoms with van der Waals surface area (Å²) in [4.78, 5) is 23.4. The number of halogens is 2. The Bertz CT molecular complexity index is 698. The van der Waals surface area contributed by atoms with Crippen LogP contribution in [0.3, 0.4) is 0 Å². The van der Waals surface area contributed by atoms with Gasteiger partial charge in [-0.3, -0.25) is 4.79 Å². The van der Waals surface area contributed by atoms with Gasteiger partial charge in [0.2, 0.25) is 0 Å². The smallest absolute Gasteiger partial charge is 0.342 e. The highest BCUT2D eigenvalue weighted by Gasteiger charge is 2.15. The second kappa shape index (κ2) is 6.13. The van der Waals surface area contributed by atoms with Gasteiger partial charge < -0.3 is 9.84 Å². The Morgan fingerprint density at radius 2 is 1.76 bits per heavy atom. The second-order valence-electron chi connectivity index (χ2n) is 4.15. The van der Waals surface area contributed by atoms with Gasteiger partial charge in [-0.2, -0.15) is 0 Å². The van der Waals surface area contributed by atoms with E-state index in [0.29, 0.717) is 0 Å². The van der Waals surface area contributed by atoms with Crippen molar-refractivity contribution in [2.45, 2.75) is 0 Å². The summed E-state index contributed by atoms with van der Waals surface area (Å²) >= 11 is 0. The van der Waals surface area contributed by atoms with Crippen LogP contribution in [-0.2, 0) is 4.74 Å². The summed E-state index contributed by atoms with van der Waals surface area (Å²) in [5, 5.41) is 9.45. The molecule has 0 radical (unpaired) electrons. The van der Waals surface area contributed by atoms with E-state index >= 15 is 0 Å². The Hall–Kier alpha value is -2.76. The maximum atomic E-state index is 13.0. The first-order chi connectivity index (χ1) is 9.99. The molecule has 0 saturated carbocycles. The number of carbonyl (C=O) groups is 2. The van der Waals surface area contributed by atoms with Crippen molar-refractivity contribution < 1.29 is 28.2 Å². The van der Waals surface area contributed by atoms with Crippen LogP contribution < -0.4 is 0 Å². The molecule has 2 aromatic rings. The van der Waals surface area contributed by atoms with Crippen molar-refractivity contribution in [1.82, 2.24) is 0 Å². The molecular weight excluding hydrogens is 282 g/mol. The molecule has 6 heteroatoms. The topological polar surface area (TPSA) is 63.6 Å². The van der Waals surface area contributed by atoms with E-state index in [-0.39, 0.29) is 16.9 Å². The van der Waals surface area contributed by atoms with Crippen LogP contribution in [0.15, 0.2) is 42.5 Å². The fourth-order valence-corrected chi connectivity index (χ4v) is 1.61. The standard InChI is InChI=1S/C15H10F2O4/c16-11-6-5-9(7-12(11)17)14(19)8-21-15(20)10-3-1-2-4-13(10)18/h1-7,18H,8H2. The predicted molar refractivity (Wildman–Crippen MR) is 69.1 cm³/mol. The maximum Gasteiger partial charge on any atom is 0.342 e. The van der Waals surface area contributed by atoms with E-state index in [1.54, 1.807) is 0 Å². The van der Waals surface area contributed by atoms with Crippen LogP contribution in [0, 0.1) is 11.6 Å². The van der Waals surface area contributed by atoms with Gasteiger partial charge in [-0.15, -0.1) is 0 Å².